The largest absolute Gasteiger partial charge is 0.379 e. The standard InChI is InChI=1S/C19H25FN4O2/c1-2-23-11-9-22-17(23)12-21-14-19(26)8-5-10-24(18(19)25)13-15-6-3-4-7-16(15)20/h3-4,6-7,9,11,21,26H,2,5,8,10,12-14H2,1H3/t19-/m0/s1. The van der Waals surface area contributed by atoms with Crippen molar-refractivity contribution in [1.82, 2.24) is 19.8 Å². The highest BCUT2D eigenvalue weighted by Gasteiger charge is 2.41. The average Bonchev–Trinajstić information content (AvgIpc) is 3.08. The first-order valence-electron chi connectivity index (χ1n) is 8.99. The van der Waals surface area contributed by atoms with E-state index in [4.69, 9.17) is 0 Å². The van der Waals surface area contributed by atoms with Crippen LogP contribution in [0.3, 0.4) is 0 Å². The number of piperidine rings is 1. The molecule has 2 heterocycles. The zero-order chi connectivity index (χ0) is 18.6. The minimum atomic E-state index is -1.47. The number of aromatic nitrogens is 2. The maximum atomic E-state index is 13.9. The fraction of sp³-hybridized carbons (Fsp3) is 0.474. The van der Waals surface area contributed by atoms with E-state index in [1.165, 1.54) is 11.0 Å². The van der Waals surface area contributed by atoms with Crippen LogP contribution in [0.15, 0.2) is 36.7 Å². The van der Waals surface area contributed by atoms with Crippen molar-refractivity contribution in [3.8, 4) is 0 Å². The number of hydrogen-bond acceptors (Lipinski definition) is 4. The second-order valence-corrected chi connectivity index (χ2v) is 6.69. The molecular formula is C19H25FN4O2. The molecule has 26 heavy (non-hydrogen) atoms. The Labute approximate surface area is 152 Å². The van der Waals surface area contributed by atoms with Gasteiger partial charge in [0.05, 0.1) is 6.54 Å². The minimum absolute atomic E-state index is 0.149. The van der Waals surface area contributed by atoms with Crippen LogP contribution in [0.4, 0.5) is 4.39 Å². The lowest BCUT2D eigenvalue weighted by atomic mass is 9.91. The summed E-state index contributed by atoms with van der Waals surface area (Å²) in [6.45, 7) is 4.17. The van der Waals surface area contributed by atoms with Crippen molar-refractivity contribution in [3.05, 3.63) is 53.9 Å². The number of carbonyl (C=O) groups is 1. The summed E-state index contributed by atoms with van der Waals surface area (Å²) in [5.74, 6) is 0.180. The molecule has 140 valence electrons. The van der Waals surface area contributed by atoms with E-state index < -0.39 is 5.60 Å². The lowest BCUT2D eigenvalue weighted by molar-refractivity contribution is -0.157. The third-order valence-corrected chi connectivity index (χ3v) is 4.87. The molecule has 6 nitrogen and oxygen atoms in total. The van der Waals surface area contributed by atoms with Crippen LogP contribution < -0.4 is 5.32 Å². The molecule has 1 amide bonds. The predicted molar refractivity (Wildman–Crippen MR) is 95.6 cm³/mol. The minimum Gasteiger partial charge on any atom is -0.379 e. The lowest BCUT2D eigenvalue weighted by Gasteiger charge is -2.38. The van der Waals surface area contributed by atoms with E-state index in [0.717, 1.165) is 12.4 Å². The Kier molecular flexibility index (Phi) is 5.68. The first-order chi connectivity index (χ1) is 12.5. The van der Waals surface area contributed by atoms with Gasteiger partial charge in [-0.05, 0) is 25.8 Å². The third-order valence-electron chi connectivity index (χ3n) is 4.87. The fourth-order valence-electron chi connectivity index (χ4n) is 3.39. The first-order valence-corrected chi connectivity index (χ1v) is 8.99. The molecular weight excluding hydrogens is 335 g/mol. The molecule has 0 unspecified atom stereocenters. The molecule has 1 aliphatic heterocycles. The van der Waals surface area contributed by atoms with Gasteiger partial charge in [0.2, 0.25) is 0 Å². The predicted octanol–water partition coefficient (Wildman–Crippen LogP) is 1.69. The molecule has 1 saturated heterocycles. The summed E-state index contributed by atoms with van der Waals surface area (Å²) in [7, 11) is 0. The van der Waals surface area contributed by atoms with Gasteiger partial charge in [-0.25, -0.2) is 9.37 Å². The number of rotatable bonds is 7. The number of aliphatic hydroxyl groups is 1. The van der Waals surface area contributed by atoms with Crippen LogP contribution in [0, 0.1) is 5.82 Å². The molecule has 1 aromatic heterocycles. The normalized spacial score (nSPS) is 20.6. The maximum absolute atomic E-state index is 13.9. The van der Waals surface area contributed by atoms with Crippen LogP contribution in [-0.4, -0.2) is 44.2 Å². The highest BCUT2D eigenvalue weighted by atomic mass is 19.1. The van der Waals surface area contributed by atoms with Crippen LogP contribution in [0.25, 0.3) is 0 Å². The van der Waals surface area contributed by atoms with Crippen LogP contribution in [0.1, 0.15) is 31.2 Å². The molecule has 7 heteroatoms. The molecule has 1 aliphatic rings. The zero-order valence-electron chi connectivity index (χ0n) is 15.0. The molecule has 1 fully saturated rings. The molecule has 0 saturated carbocycles. The van der Waals surface area contributed by atoms with Gasteiger partial charge in [0.15, 0.2) is 5.60 Å². The molecule has 1 aromatic carbocycles. The highest BCUT2D eigenvalue weighted by Crippen LogP contribution is 2.24. The van der Waals surface area contributed by atoms with Gasteiger partial charge in [0, 0.05) is 44.1 Å². The summed E-state index contributed by atoms with van der Waals surface area (Å²) in [5, 5.41) is 14.0. The number of imidazole rings is 1. The van der Waals surface area contributed by atoms with E-state index in [1.54, 1.807) is 24.4 Å². The van der Waals surface area contributed by atoms with Crippen molar-refractivity contribution in [3.63, 3.8) is 0 Å². The van der Waals surface area contributed by atoms with Gasteiger partial charge in [-0.15, -0.1) is 0 Å². The number of nitrogens with one attached hydrogen (secondary N) is 1. The number of nitrogens with zero attached hydrogens (tertiary/aromatic N) is 3. The van der Waals surface area contributed by atoms with Gasteiger partial charge in [0.1, 0.15) is 11.6 Å². The topological polar surface area (TPSA) is 70.4 Å². The third kappa shape index (κ3) is 3.94. The maximum Gasteiger partial charge on any atom is 0.256 e. The Hall–Kier alpha value is -2.25. The summed E-state index contributed by atoms with van der Waals surface area (Å²) in [6.07, 6.45) is 4.71. The van der Waals surface area contributed by atoms with Crippen LogP contribution in [-0.2, 0) is 24.4 Å². The van der Waals surface area contributed by atoms with Gasteiger partial charge in [-0.2, -0.15) is 0 Å². The van der Waals surface area contributed by atoms with Gasteiger partial charge >= 0.3 is 0 Å². The average molecular weight is 360 g/mol. The second-order valence-electron chi connectivity index (χ2n) is 6.69. The number of carbonyl (C=O) groups excluding carboxylic acids is 1. The van der Waals surface area contributed by atoms with Crippen LogP contribution >= 0.6 is 0 Å². The van der Waals surface area contributed by atoms with Gasteiger partial charge < -0.3 is 19.9 Å². The quantitative estimate of drug-likeness (QED) is 0.788. The van der Waals surface area contributed by atoms with Gasteiger partial charge in [-0.1, -0.05) is 18.2 Å². The molecule has 1 atom stereocenters. The summed E-state index contributed by atoms with van der Waals surface area (Å²) in [5.41, 5.74) is -1.00. The van der Waals surface area contributed by atoms with Crippen molar-refractivity contribution >= 4 is 5.91 Å². The Bertz CT molecular complexity index is 764. The Morgan fingerprint density at radius 2 is 2.19 bits per heavy atom. The van der Waals surface area contributed by atoms with E-state index in [9.17, 15) is 14.3 Å². The van der Waals surface area contributed by atoms with Crippen molar-refractivity contribution in [2.24, 2.45) is 0 Å². The molecule has 2 N–H and O–H groups in total. The molecule has 2 aromatic rings. The lowest BCUT2D eigenvalue weighted by Crippen LogP contribution is -2.57. The number of likely N-dealkylation sites (tertiary alicyclic amines) is 1. The van der Waals surface area contributed by atoms with Gasteiger partial charge in [0.25, 0.3) is 5.91 Å². The number of amides is 1. The molecule has 0 spiro atoms. The van der Waals surface area contributed by atoms with E-state index in [1.807, 2.05) is 17.7 Å². The molecule has 0 radical (unpaired) electrons. The van der Waals surface area contributed by atoms with Crippen LogP contribution in [0.2, 0.25) is 0 Å². The summed E-state index contributed by atoms with van der Waals surface area (Å²) < 4.78 is 15.9. The number of benzene rings is 1. The number of halogens is 1. The Balaban J connectivity index is 1.61. The molecule has 3 rings (SSSR count). The van der Waals surface area contributed by atoms with E-state index in [2.05, 4.69) is 10.3 Å². The van der Waals surface area contributed by atoms with E-state index >= 15 is 0 Å². The smallest absolute Gasteiger partial charge is 0.256 e. The SMILES string of the molecule is CCn1ccnc1CNC[C@@]1(O)CCCN(Cc2ccccc2F)C1=O. The molecule has 0 bridgehead atoms. The number of aryl methyl sites for hydroxylation is 1. The Morgan fingerprint density at radius 3 is 2.96 bits per heavy atom. The first kappa shape index (κ1) is 18.5. The number of hydrogen-bond donors (Lipinski definition) is 2. The summed E-state index contributed by atoms with van der Waals surface area (Å²) >= 11 is 0. The van der Waals surface area contributed by atoms with Crippen molar-refractivity contribution in [1.29, 1.82) is 0 Å². The van der Waals surface area contributed by atoms with Crippen LogP contribution in [0.5, 0.6) is 0 Å². The van der Waals surface area contributed by atoms with Gasteiger partial charge in [-0.3, -0.25) is 4.79 Å². The van der Waals surface area contributed by atoms with E-state index in [-0.39, 0.29) is 24.8 Å². The monoisotopic (exact) mass is 360 g/mol. The van der Waals surface area contributed by atoms with Crippen molar-refractivity contribution < 1.29 is 14.3 Å². The summed E-state index contributed by atoms with van der Waals surface area (Å²) in [6, 6.07) is 6.42. The summed E-state index contributed by atoms with van der Waals surface area (Å²) in [4.78, 5) is 18.6. The Morgan fingerprint density at radius 1 is 1.38 bits per heavy atom. The van der Waals surface area contributed by atoms with E-state index in [0.29, 0.717) is 31.5 Å². The van der Waals surface area contributed by atoms with Crippen molar-refractivity contribution in [2.75, 3.05) is 13.1 Å². The highest BCUT2D eigenvalue weighted by molar-refractivity contribution is 5.86. The van der Waals surface area contributed by atoms with Crippen molar-refractivity contribution in [2.45, 2.75) is 45.0 Å². The zero-order valence-corrected chi connectivity index (χ0v) is 15.0. The second kappa shape index (κ2) is 7.97. The fourth-order valence-corrected chi connectivity index (χ4v) is 3.39. The molecule has 0 aliphatic carbocycles.